The van der Waals surface area contributed by atoms with E-state index >= 15 is 0 Å². The standard InChI is InChI=1S/C12H26O4Se2/c13-17(14)11-9-7-5-3-1-2-4-6-8-10-12-18(15)16/h1-12H2,(H,13,14)(H,15,16). The Labute approximate surface area is 119 Å². The summed E-state index contributed by atoms with van der Waals surface area (Å²) in [6.07, 6.45) is 11.2. The van der Waals surface area contributed by atoms with Crippen molar-refractivity contribution in [2.45, 2.75) is 74.8 Å². The topological polar surface area (TPSA) is 74.6 Å². The van der Waals surface area contributed by atoms with Crippen LogP contribution in [0.25, 0.3) is 0 Å². The van der Waals surface area contributed by atoms with Crippen LogP contribution in [0.3, 0.4) is 0 Å². The Morgan fingerprint density at radius 3 is 0.944 bits per heavy atom. The molecule has 2 atom stereocenters. The maximum absolute atomic E-state index is 10.5. The quantitative estimate of drug-likeness (QED) is 0.373. The van der Waals surface area contributed by atoms with E-state index in [1.165, 1.54) is 38.5 Å². The summed E-state index contributed by atoms with van der Waals surface area (Å²) < 4.78 is 38.3. The van der Waals surface area contributed by atoms with Gasteiger partial charge in [0.15, 0.2) is 0 Å². The Kier molecular flexibility index (Phi) is 14.4. The average Bonchev–Trinajstić information content (AvgIpc) is 2.29. The summed E-state index contributed by atoms with van der Waals surface area (Å²) in [6.45, 7) is 0. The molecular weight excluding hydrogens is 366 g/mol. The van der Waals surface area contributed by atoms with Crippen LogP contribution in [-0.2, 0) is 7.67 Å². The van der Waals surface area contributed by atoms with Gasteiger partial charge in [0, 0.05) is 0 Å². The Balaban J connectivity index is 2.99. The SMILES string of the molecule is O=[Se](O)CCCCCCCCCCCC[Se](=O)O. The normalized spacial score (nSPS) is 14.6. The predicted molar refractivity (Wildman–Crippen MR) is 73.1 cm³/mol. The van der Waals surface area contributed by atoms with Crippen LogP contribution in [-0.4, -0.2) is 36.7 Å². The van der Waals surface area contributed by atoms with Gasteiger partial charge in [0.1, 0.15) is 0 Å². The monoisotopic (exact) mass is 394 g/mol. The van der Waals surface area contributed by atoms with Crippen molar-refractivity contribution in [3.8, 4) is 0 Å². The average molecular weight is 392 g/mol. The molecule has 2 N–H and O–H groups in total. The fraction of sp³-hybridized carbons (Fsp3) is 1.00. The first kappa shape index (κ1) is 18.6. The first-order valence-corrected chi connectivity index (χ1v) is 12.1. The van der Waals surface area contributed by atoms with E-state index in [1.807, 2.05) is 0 Å². The zero-order valence-electron chi connectivity index (χ0n) is 11.0. The van der Waals surface area contributed by atoms with Gasteiger partial charge < -0.3 is 0 Å². The fourth-order valence-electron chi connectivity index (χ4n) is 1.87. The van der Waals surface area contributed by atoms with E-state index in [2.05, 4.69) is 0 Å². The molecule has 0 aliphatic rings. The van der Waals surface area contributed by atoms with Crippen molar-refractivity contribution in [1.29, 1.82) is 0 Å². The van der Waals surface area contributed by atoms with Crippen LogP contribution in [0.5, 0.6) is 0 Å². The van der Waals surface area contributed by atoms with Crippen molar-refractivity contribution >= 4 is 28.3 Å². The van der Waals surface area contributed by atoms with Gasteiger partial charge >= 0.3 is 119 Å². The van der Waals surface area contributed by atoms with Crippen molar-refractivity contribution in [3.63, 3.8) is 0 Å². The summed E-state index contributed by atoms with van der Waals surface area (Å²) in [7, 11) is 0. The third kappa shape index (κ3) is 16.6. The van der Waals surface area contributed by atoms with Crippen molar-refractivity contribution < 1.29 is 16.0 Å². The van der Waals surface area contributed by atoms with E-state index in [1.54, 1.807) is 0 Å². The molecule has 0 saturated carbocycles. The van der Waals surface area contributed by atoms with Crippen LogP contribution in [0.4, 0.5) is 0 Å². The molecule has 0 spiro atoms. The summed E-state index contributed by atoms with van der Waals surface area (Å²) >= 11 is -4.86. The number of rotatable bonds is 13. The number of hydrogen-bond acceptors (Lipinski definition) is 2. The van der Waals surface area contributed by atoms with Crippen LogP contribution in [0.15, 0.2) is 0 Å². The third-order valence-corrected chi connectivity index (χ3v) is 5.56. The van der Waals surface area contributed by atoms with E-state index in [0.717, 1.165) is 25.7 Å². The summed E-state index contributed by atoms with van der Waals surface area (Å²) in [5.74, 6) is 0. The van der Waals surface area contributed by atoms with Gasteiger partial charge in [-0.25, -0.2) is 0 Å². The second-order valence-corrected chi connectivity index (χ2v) is 9.00. The molecular formula is C12H26O4Se2. The molecule has 0 bridgehead atoms. The van der Waals surface area contributed by atoms with Gasteiger partial charge in [0.2, 0.25) is 0 Å². The van der Waals surface area contributed by atoms with E-state index in [9.17, 15) is 7.67 Å². The summed E-state index contributed by atoms with van der Waals surface area (Å²) in [4.78, 5) is 0. The van der Waals surface area contributed by atoms with Crippen LogP contribution >= 0.6 is 0 Å². The van der Waals surface area contributed by atoms with Gasteiger partial charge in [-0.15, -0.1) is 0 Å². The molecule has 0 aromatic heterocycles. The first-order valence-electron chi connectivity index (χ1n) is 6.78. The summed E-state index contributed by atoms with van der Waals surface area (Å²) in [5.41, 5.74) is 0. The molecule has 0 aromatic rings. The van der Waals surface area contributed by atoms with Gasteiger partial charge in [-0.1, -0.05) is 0 Å². The molecule has 0 rings (SSSR count). The predicted octanol–water partition coefficient (Wildman–Crippen LogP) is 2.71. The molecule has 110 valence electrons. The molecule has 0 aliphatic carbocycles. The Hall–Kier alpha value is 0.559. The summed E-state index contributed by atoms with van der Waals surface area (Å²) in [5, 5.41) is 1.02. The number of hydrogen-bond donors (Lipinski definition) is 2. The van der Waals surface area contributed by atoms with Gasteiger partial charge in [-0.05, 0) is 0 Å². The molecule has 0 radical (unpaired) electrons. The van der Waals surface area contributed by atoms with Gasteiger partial charge in [-0.2, -0.15) is 0 Å². The minimum atomic E-state index is -2.43. The molecule has 0 aromatic carbocycles. The molecule has 6 heteroatoms. The zero-order chi connectivity index (χ0) is 13.6. The van der Waals surface area contributed by atoms with Crippen LogP contribution < -0.4 is 0 Å². The second kappa shape index (κ2) is 14.0. The van der Waals surface area contributed by atoms with E-state index in [4.69, 9.17) is 8.38 Å². The van der Waals surface area contributed by atoms with E-state index < -0.39 is 28.3 Å². The van der Waals surface area contributed by atoms with Crippen LogP contribution in [0, 0.1) is 0 Å². The number of unbranched alkanes of at least 4 members (excludes halogenated alkanes) is 9. The van der Waals surface area contributed by atoms with Crippen molar-refractivity contribution in [2.24, 2.45) is 0 Å². The van der Waals surface area contributed by atoms with E-state index in [0.29, 0.717) is 10.6 Å². The van der Waals surface area contributed by atoms with Crippen molar-refractivity contribution in [1.82, 2.24) is 0 Å². The fourth-order valence-corrected chi connectivity index (χ4v) is 3.76. The molecule has 4 nitrogen and oxygen atoms in total. The van der Waals surface area contributed by atoms with Gasteiger partial charge in [-0.3, -0.25) is 0 Å². The van der Waals surface area contributed by atoms with Crippen molar-refractivity contribution in [3.05, 3.63) is 0 Å². The van der Waals surface area contributed by atoms with Crippen LogP contribution in [0.2, 0.25) is 10.6 Å². The Bertz CT molecular complexity index is 210. The minimum absolute atomic E-state index is 0.508. The molecule has 0 amide bonds. The molecule has 0 saturated heterocycles. The van der Waals surface area contributed by atoms with Crippen LogP contribution in [0.1, 0.15) is 64.2 Å². The second-order valence-electron chi connectivity index (χ2n) is 4.59. The van der Waals surface area contributed by atoms with Crippen molar-refractivity contribution in [2.75, 3.05) is 0 Å². The Morgan fingerprint density at radius 2 is 0.722 bits per heavy atom. The maximum atomic E-state index is 10.5. The third-order valence-electron chi connectivity index (χ3n) is 2.89. The van der Waals surface area contributed by atoms with Gasteiger partial charge in [0.05, 0.1) is 0 Å². The molecule has 0 fully saturated rings. The first-order chi connectivity index (χ1) is 8.63. The summed E-state index contributed by atoms with van der Waals surface area (Å²) in [6, 6.07) is 0. The van der Waals surface area contributed by atoms with Gasteiger partial charge in [0.25, 0.3) is 0 Å². The van der Waals surface area contributed by atoms with E-state index in [-0.39, 0.29) is 0 Å². The molecule has 0 heterocycles. The molecule has 2 unspecified atom stereocenters. The molecule has 0 aliphatic heterocycles. The molecule has 18 heavy (non-hydrogen) atoms. The Morgan fingerprint density at radius 1 is 0.500 bits per heavy atom. The zero-order valence-corrected chi connectivity index (χ0v) is 14.4.